The van der Waals surface area contributed by atoms with Crippen LogP contribution in [0.15, 0.2) is 24.3 Å². The van der Waals surface area contributed by atoms with Crippen molar-refractivity contribution >= 4 is 17.3 Å². The van der Waals surface area contributed by atoms with Crippen LogP contribution in [0.2, 0.25) is 0 Å². The summed E-state index contributed by atoms with van der Waals surface area (Å²) < 4.78 is 0. The van der Waals surface area contributed by atoms with Gasteiger partial charge in [-0.1, -0.05) is 24.3 Å². The van der Waals surface area contributed by atoms with E-state index in [4.69, 9.17) is 17.5 Å². The normalized spacial score (nSPS) is 17.7. The van der Waals surface area contributed by atoms with E-state index in [1.807, 2.05) is 18.3 Å². The van der Waals surface area contributed by atoms with E-state index in [1.165, 1.54) is 11.1 Å². The lowest BCUT2D eigenvalue weighted by molar-refractivity contribution is 0.638. The summed E-state index contributed by atoms with van der Waals surface area (Å²) in [6.45, 7) is 0. The molecular formula is C11H11N3S. The number of benzene rings is 1. The van der Waals surface area contributed by atoms with Crippen molar-refractivity contribution in [2.45, 2.75) is 18.9 Å². The van der Waals surface area contributed by atoms with Gasteiger partial charge in [-0.25, -0.2) is 0 Å². The molecule has 0 bridgehead atoms. The van der Waals surface area contributed by atoms with E-state index in [0.717, 1.165) is 12.8 Å². The molecule has 2 rings (SSSR count). The number of rotatable bonds is 1. The molecular weight excluding hydrogens is 206 g/mol. The predicted octanol–water partition coefficient (Wildman–Crippen LogP) is 1.62. The number of hydrogen-bond acceptors (Lipinski definition) is 2. The average molecular weight is 217 g/mol. The number of hydrogen-bond donors (Lipinski definition) is 2. The summed E-state index contributed by atoms with van der Waals surface area (Å²) >= 11 is 4.97. The molecule has 1 atom stereocenters. The van der Waals surface area contributed by atoms with Crippen LogP contribution in [0, 0.1) is 11.5 Å². The minimum absolute atomic E-state index is 0.245. The highest BCUT2D eigenvalue weighted by molar-refractivity contribution is 7.80. The fraction of sp³-hybridized carbons (Fsp3) is 0.273. The third-order valence-electron chi connectivity index (χ3n) is 2.61. The van der Waals surface area contributed by atoms with Gasteiger partial charge in [-0.2, -0.15) is 5.26 Å². The number of nitriles is 1. The van der Waals surface area contributed by atoms with Gasteiger partial charge in [0.25, 0.3) is 0 Å². The van der Waals surface area contributed by atoms with Crippen LogP contribution in [0.3, 0.4) is 0 Å². The molecule has 1 unspecified atom stereocenters. The molecule has 1 aromatic carbocycles. The standard InChI is InChI=1S/C11H11N3S/c12-7-13-11(15)14-10-6-5-8-3-1-2-4-9(8)10/h1-4,10H,5-6H2,(H2,13,14,15). The van der Waals surface area contributed by atoms with Gasteiger partial charge in [0.1, 0.15) is 0 Å². The van der Waals surface area contributed by atoms with E-state index >= 15 is 0 Å². The van der Waals surface area contributed by atoms with E-state index in [9.17, 15) is 0 Å². The summed E-state index contributed by atoms with van der Waals surface area (Å²) in [6, 6.07) is 8.56. The van der Waals surface area contributed by atoms with Gasteiger partial charge in [-0.15, -0.1) is 0 Å². The van der Waals surface area contributed by atoms with Gasteiger partial charge >= 0.3 is 0 Å². The first-order valence-electron chi connectivity index (χ1n) is 4.84. The minimum Gasteiger partial charge on any atom is -0.355 e. The van der Waals surface area contributed by atoms with Crippen LogP contribution in [-0.4, -0.2) is 5.11 Å². The maximum atomic E-state index is 8.42. The van der Waals surface area contributed by atoms with Gasteiger partial charge in [-0.05, 0) is 36.2 Å². The Hall–Kier alpha value is -1.60. The predicted molar refractivity (Wildman–Crippen MR) is 62.0 cm³/mol. The lowest BCUT2D eigenvalue weighted by Crippen LogP contribution is -2.34. The van der Waals surface area contributed by atoms with Crippen LogP contribution in [-0.2, 0) is 6.42 Å². The second-order valence-corrected chi connectivity index (χ2v) is 3.91. The molecule has 1 aromatic rings. The first-order valence-corrected chi connectivity index (χ1v) is 5.25. The molecule has 1 aliphatic carbocycles. The molecule has 0 heterocycles. The van der Waals surface area contributed by atoms with Gasteiger partial charge in [0.15, 0.2) is 11.3 Å². The van der Waals surface area contributed by atoms with E-state index in [0.29, 0.717) is 5.11 Å². The Morgan fingerprint density at radius 2 is 2.27 bits per heavy atom. The molecule has 1 aliphatic rings. The average Bonchev–Trinajstić information content (AvgIpc) is 2.62. The molecule has 76 valence electrons. The first-order chi connectivity index (χ1) is 7.31. The van der Waals surface area contributed by atoms with E-state index in [-0.39, 0.29) is 6.04 Å². The van der Waals surface area contributed by atoms with Gasteiger partial charge in [-0.3, -0.25) is 5.32 Å². The number of nitrogens with one attached hydrogen (secondary N) is 2. The van der Waals surface area contributed by atoms with Crippen LogP contribution >= 0.6 is 12.2 Å². The Morgan fingerprint density at radius 3 is 3.07 bits per heavy atom. The van der Waals surface area contributed by atoms with Crippen LogP contribution in [0.5, 0.6) is 0 Å². The van der Waals surface area contributed by atoms with Crippen LogP contribution in [0.1, 0.15) is 23.6 Å². The van der Waals surface area contributed by atoms with Gasteiger partial charge in [0, 0.05) is 0 Å². The van der Waals surface area contributed by atoms with Gasteiger partial charge in [0.05, 0.1) is 6.04 Å². The molecule has 0 radical (unpaired) electrons. The van der Waals surface area contributed by atoms with E-state index in [2.05, 4.69) is 22.8 Å². The van der Waals surface area contributed by atoms with Crippen molar-refractivity contribution in [2.75, 3.05) is 0 Å². The molecule has 0 fully saturated rings. The zero-order chi connectivity index (χ0) is 10.7. The van der Waals surface area contributed by atoms with Crippen LogP contribution in [0.25, 0.3) is 0 Å². The quantitative estimate of drug-likeness (QED) is 0.426. The Bertz CT molecular complexity index is 422. The van der Waals surface area contributed by atoms with Crippen LogP contribution in [0.4, 0.5) is 0 Å². The molecule has 4 heteroatoms. The highest BCUT2D eigenvalue weighted by Crippen LogP contribution is 2.30. The molecule has 0 spiro atoms. The Balaban J connectivity index is 2.08. The lowest BCUT2D eigenvalue weighted by Gasteiger charge is -2.14. The lowest BCUT2D eigenvalue weighted by atomic mass is 10.1. The van der Waals surface area contributed by atoms with Crippen molar-refractivity contribution in [3.63, 3.8) is 0 Å². The van der Waals surface area contributed by atoms with Crippen molar-refractivity contribution in [1.82, 2.24) is 10.6 Å². The number of aryl methyl sites for hydroxylation is 1. The summed E-state index contributed by atoms with van der Waals surface area (Å²) in [5, 5.41) is 14.4. The minimum atomic E-state index is 0.245. The maximum Gasteiger partial charge on any atom is 0.183 e. The molecule has 0 amide bonds. The second kappa shape index (κ2) is 4.28. The summed E-state index contributed by atoms with van der Waals surface area (Å²) in [5.41, 5.74) is 2.66. The molecule has 2 N–H and O–H groups in total. The van der Waals surface area contributed by atoms with Crippen LogP contribution < -0.4 is 10.6 Å². The molecule has 15 heavy (non-hydrogen) atoms. The Kier molecular flexibility index (Phi) is 2.84. The third-order valence-corrected chi connectivity index (χ3v) is 2.83. The molecule has 0 aromatic heterocycles. The largest absolute Gasteiger partial charge is 0.355 e. The highest BCUT2D eigenvalue weighted by atomic mass is 32.1. The highest BCUT2D eigenvalue weighted by Gasteiger charge is 2.21. The van der Waals surface area contributed by atoms with E-state index in [1.54, 1.807) is 0 Å². The van der Waals surface area contributed by atoms with Crippen molar-refractivity contribution in [1.29, 1.82) is 5.26 Å². The number of thiocarbonyl (C=S) groups is 1. The van der Waals surface area contributed by atoms with E-state index < -0.39 is 0 Å². The zero-order valence-corrected chi connectivity index (χ0v) is 8.97. The molecule has 0 saturated heterocycles. The van der Waals surface area contributed by atoms with Gasteiger partial charge in [0.2, 0.25) is 0 Å². The summed E-state index contributed by atoms with van der Waals surface area (Å²) in [4.78, 5) is 0. The SMILES string of the molecule is N#CNC(=S)NC1CCc2ccccc21. The second-order valence-electron chi connectivity index (χ2n) is 3.50. The fourth-order valence-corrected chi connectivity index (χ4v) is 2.14. The number of nitrogens with zero attached hydrogens (tertiary/aromatic N) is 1. The topological polar surface area (TPSA) is 47.9 Å². The smallest absolute Gasteiger partial charge is 0.183 e. The summed E-state index contributed by atoms with van der Waals surface area (Å²) in [6.07, 6.45) is 3.92. The molecule has 0 aliphatic heterocycles. The van der Waals surface area contributed by atoms with Crippen molar-refractivity contribution in [3.05, 3.63) is 35.4 Å². The Morgan fingerprint density at radius 1 is 1.47 bits per heavy atom. The number of fused-ring (bicyclic) bond motifs is 1. The zero-order valence-electron chi connectivity index (χ0n) is 8.16. The molecule has 3 nitrogen and oxygen atoms in total. The Labute approximate surface area is 94.1 Å². The fourth-order valence-electron chi connectivity index (χ4n) is 1.95. The summed E-state index contributed by atoms with van der Waals surface area (Å²) in [5.74, 6) is 0. The monoisotopic (exact) mass is 217 g/mol. The van der Waals surface area contributed by atoms with Crippen molar-refractivity contribution < 1.29 is 0 Å². The molecule has 0 saturated carbocycles. The van der Waals surface area contributed by atoms with Crippen molar-refractivity contribution in [2.24, 2.45) is 0 Å². The van der Waals surface area contributed by atoms with Crippen molar-refractivity contribution in [3.8, 4) is 6.19 Å². The van der Waals surface area contributed by atoms with Gasteiger partial charge < -0.3 is 5.32 Å². The summed E-state index contributed by atoms with van der Waals surface area (Å²) in [7, 11) is 0. The third kappa shape index (κ3) is 2.08. The maximum absolute atomic E-state index is 8.42. The first kappa shape index (κ1) is 9.94.